The summed E-state index contributed by atoms with van der Waals surface area (Å²) in [6.07, 6.45) is 4.06. The molecule has 1 amide bonds. The molecule has 3 aromatic rings. The van der Waals surface area contributed by atoms with Gasteiger partial charge in [0.25, 0.3) is 5.91 Å². The molecule has 0 radical (unpaired) electrons. The summed E-state index contributed by atoms with van der Waals surface area (Å²) in [5.74, 6) is 0.303. The van der Waals surface area contributed by atoms with Gasteiger partial charge in [0.15, 0.2) is 0 Å². The lowest BCUT2D eigenvalue weighted by Crippen LogP contribution is -2.24. The summed E-state index contributed by atoms with van der Waals surface area (Å²) in [6.45, 7) is 6.16. The molecule has 1 aliphatic rings. The maximum atomic E-state index is 13.9. The van der Waals surface area contributed by atoms with E-state index in [-0.39, 0.29) is 18.3 Å². The largest absolute Gasteiger partial charge is 0.477 e. The van der Waals surface area contributed by atoms with Crippen LogP contribution in [0.2, 0.25) is 0 Å². The van der Waals surface area contributed by atoms with Crippen molar-refractivity contribution >= 4 is 5.91 Å². The van der Waals surface area contributed by atoms with Gasteiger partial charge in [-0.3, -0.25) is 4.79 Å². The first-order chi connectivity index (χ1) is 16.0. The standard InChI is InChI=1S/C27H30FN3O2/c1-3-29-15-21-6-4-5-7-23(21)22-13-24(27(31-16-22)33-17-19-10-11-19)26(32)30-14-20-9-8-18(2)25(28)12-20/h4-9,12-13,16,19,29H,3,10-11,14-15,17H2,1-2H3,(H,30,32). The number of aromatic nitrogens is 1. The number of amides is 1. The number of hydrogen-bond acceptors (Lipinski definition) is 4. The number of carbonyl (C=O) groups excluding carboxylic acids is 1. The van der Waals surface area contributed by atoms with Crippen LogP contribution in [0, 0.1) is 18.7 Å². The van der Waals surface area contributed by atoms with Gasteiger partial charge in [-0.25, -0.2) is 9.37 Å². The molecule has 0 atom stereocenters. The Labute approximate surface area is 194 Å². The van der Waals surface area contributed by atoms with Crippen molar-refractivity contribution in [2.45, 2.75) is 39.8 Å². The van der Waals surface area contributed by atoms with E-state index in [4.69, 9.17) is 4.74 Å². The Morgan fingerprint density at radius 1 is 1.15 bits per heavy atom. The molecule has 0 aliphatic heterocycles. The summed E-state index contributed by atoms with van der Waals surface area (Å²) in [5.41, 5.74) is 4.68. The highest BCUT2D eigenvalue weighted by atomic mass is 19.1. The fourth-order valence-corrected chi connectivity index (χ4v) is 3.60. The quantitative estimate of drug-likeness (QED) is 0.458. The molecule has 1 fully saturated rings. The highest BCUT2D eigenvalue weighted by molar-refractivity contribution is 5.97. The maximum Gasteiger partial charge on any atom is 0.257 e. The number of nitrogens with zero attached hydrogens (tertiary/aromatic N) is 1. The van der Waals surface area contributed by atoms with E-state index in [0.29, 0.717) is 35.1 Å². The number of hydrogen-bond donors (Lipinski definition) is 2. The third-order valence-corrected chi connectivity index (χ3v) is 5.83. The summed E-state index contributed by atoms with van der Waals surface area (Å²) in [6, 6.07) is 14.9. The van der Waals surface area contributed by atoms with Gasteiger partial charge in [0.05, 0.1) is 6.61 Å². The van der Waals surface area contributed by atoms with E-state index >= 15 is 0 Å². The van der Waals surface area contributed by atoms with Crippen LogP contribution in [0.5, 0.6) is 5.88 Å². The molecule has 4 rings (SSSR count). The topological polar surface area (TPSA) is 63.3 Å². The van der Waals surface area contributed by atoms with E-state index in [0.717, 1.165) is 42.6 Å². The third kappa shape index (κ3) is 5.96. The summed E-state index contributed by atoms with van der Waals surface area (Å²) in [7, 11) is 0. The number of nitrogens with one attached hydrogen (secondary N) is 2. The molecule has 5 nitrogen and oxygen atoms in total. The van der Waals surface area contributed by atoms with Crippen molar-refractivity contribution in [3.05, 3.63) is 82.8 Å². The molecule has 6 heteroatoms. The van der Waals surface area contributed by atoms with Crippen LogP contribution in [-0.4, -0.2) is 24.0 Å². The molecular weight excluding hydrogens is 417 g/mol. The number of rotatable bonds is 10. The zero-order valence-electron chi connectivity index (χ0n) is 19.2. The maximum absolute atomic E-state index is 13.9. The van der Waals surface area contributed by atoms with Crippen LogP contribution in [-0.2, 0) is 13.1 Å². The Hall–Kier alpha value is -3.25. The molecule has 2 N–H and O–H groups in total. The fraction of sp³-hybridized carbons (Fsp3) is 0.333. The second kappa shape index (κ2) is 10.6. The smallest absolute Gasteiger partial charge is 0.257 e. The number of carbonyl (C=O) groups is 1. The molecule has 0 spiro atoms. The molecular formula is C27H30FN3O2. The second-order valence-corrected chi connectivity index (χ2v) is 8.53. The van der Waals surface area contributed by atoms with Crippen LogP contribution < -0.4 is 15.4 Å². The number of halogens is 1. The Bertz CT molecular complexity index is 1130. The average Bonchev–Trinajstić information content (AvgIpc) is 3.67. The van der Waals surface area contributed by atoms with Gasteiger partial charge in [0.1, 0.15) is 11.4 Å². The summed E-state index contributed by atoms with van der Waals surface area (Å²) in [5, 5.41) is 6.25. The number of pyridine rings is 1. The fourth-order valence-electron chi connectivity index (χ4n) is 3.60. The van der Waals surface area contributed by atoms with Gasteiger partial charge in [0, 0.05) is 24.8 Å². The monoisotopic (exact) mass is 447 g/mol. The van der Waals surface area contributed by atoms with Gasteiger partial charge in [0.2, 0.25) is 5.88 Å². The minimum Gasteiger partial charge on any atom is -0.477 e. The first kappa shape index (κ1) is 22.9. The molecule has 1 aliphatic carbocycles. The van der Waals surface area contributed by atoms with Gasteiger partial charge in [-0.05, 0) is 66.6 Å². The van der Waals surface area contributed by atoms with Crippen molar-refractivity contribution in [2.24, 2.45) is 5.92 Å². The van der Waals surface area contributed by atoms with Crippen molar-refractivity contribution in [3.63, 3.8) is 0 Å². The third-order valence-electron chi connectivity index (χ3n) is 5.83. The van der Waals surface area contributed by atoms with Crippen molar-refractivity contribution in [3.8, 4) is 17.0 Å². The Balaban J connectivity index is 1.59. The Kier molecular flexibility index (Phi) is 7.35. The van der Waals surface area contributed by atoms with Crippen LogP contribution in [0.4, 0.5) is 4.39 Å². The van der Waals surface area contributed by atoms with Gasteiger partial charge >= 0.3 is 0 Å². The van der Waals surface area contributed by atoms with E-state index in [1.165, 1.54) is 6.07 Å². The first-order valence-electron chi connectivity index (χ1n) is 11.5. The molecule has 1 saturated carbocycles. The van der Waals surface area contributed by atoms with Gasteiger partial charge in [-0.15, -0.1) is 0 Å². The molecule has 33 heavy (non-hydrogen) atoms. The lowest BCUT2D eigenvalue weighted by atomic mass is 9.99. The molecule has 0 bridgehead atoms. The minimum atomic E-state index is -0.291. The lowest BCUT2D eigenvalue weighted by molar-refractivity contribution is 0.0945. The Morgan fingerprint density at radius 2 is 1.97 bits per heavy atom. The molecule has 1 aromatic heterocycles. The van der Waals surface area contributed by atoms with Crippen molar-refractivity contribution in [1.29, 1.82) is 0 Å². The van der Waals surface area contributed by atoms with E-state index in [9.17, 15) is 9.18 Å². The molecule has 0 unspecified atom stereocenters. The van der Waals surface area contributed by atoms with E-state index < -0.39 is 0 Å². The van der Waals surface area contributed by atoms with Gasteiger partial charge in [-0.1, -0.05) is 43.3 Å². The normalized spacial score (nSPS) is 13.1. The van der Waals surface area contributed by atoms with Crippen molar-refractivity contribution < 1.29 is 13.9 Å². The molecule has 2 aromatic carbocycles. The van der Waals surface area contributed by atoms with Crippen LogP contribution in [0.3, 0.4) is 0 Å². The summed E-state index contributed by atoms with van der Waals surface area (Å²) in [4.78, 5) is 17.7. The number of aryl methyl sites for hydroxylation is 1. The zero-order valence-corrected chi connectivity index (χ0v) is 19.2. The van der Waals surface area contributed by atoms with Crippen LogP contribution in [0.15, 0.2) is 54.7 Å². The predicted molar refractivity (Wildman–Crippen MR) is 128 cm³/mol. The summed E-state index contributed by atoms with van der Waals surface area (Å²) < 4.78 is 19.8. The van der Waals surface area contributed by atoms with Gasteiger partial charge in [-0.2, -0.15) is 0 Å². The van der Waals surface area contributed by atoms with E-state index in [1.54, 1.807) is 19.2 Å². The Morgan fingerprint density at radius 3 is 2.73 bits per heavy atom. The lowest BCUT2D eigenvalue weighted by Gasteiger charge is -2.14. The highest BCUT2D eigenvalue weighted by Crippen LogP contribution is 2.31. The SMILES string of the molecule is CCNCc1ccccc1-c1cnc(OCC2CC2)c(C(=O)NCc2ccc(C)c(F)c2)c1. The van der Waals surface area contributed by atoms with E-state index in [1.807, 2.05) is 30.3 Å². The highest BCUT2D eigenvalue weighted by Gasteiger charge is 2.24. The summed E-state index contributed by atoms with van der Waals surface area (Å²) >= 11 is 0. The zero-order chi connectivity index (χ0) is 23.2. The van der Waals surface area contributed by atoms with Crippen LogP contribution >= 0.6 is 0 Å². The average molecular weight is 448 g/mol. The van der Waals surface area contributed by atoms with Crippen LogP contribution in [0.25, 0.3) is 11.1 Å². The van der Waals surface area contributed by atoms with Gasteiger partial charge < -0.3 is 15.4 Å². The van der Waals surface area contributed by atoms with Crippen LogP contribution in [0.1, 0.15) is 46.8 Å². The predicted octanol–water partition coefficient (Wildman–Crippen LogP) is 5.02. The molecule has 0 saturated heterocycles. The van der Waals surface area contributed by atoms with Crippen molar-refractivity contribution in [2.75, 3.05) is 13.2 Å². The number of ether oxygens (including phenoxy) is 1. The number of benzene rings is 2. The first-order valence-corrected chi connectivity index (χ1v) is 11.5. The van der Waals surface area contributed by atoms with E-state index in [2.05, 4.69) is 28.6 Å². The second-order valence-electron chi connectivity index (χ2n) is 8.53. The minimum absolute atomic E-state index is 0.222. The van der Waals surface area contributed by atoms with Crippen molar-refractivity contribution in [1.82, 2.24) is 15.6 Å². The molecule has 1 heterocycles. The molecule has 172 valence electrons.